The Balaban J connectivity index is 1.40. The number of likely N-dealkylation sites (tertiary alicyclic amines) is 2. The van der Waals surface area contributed by atoms with Crippen molar-refractivity contribution in [2.75, 3.05) is 58.5 Å². The molecule has 3 atom stereocenters. The molecule has 1 N–H and O–H groups in total. The van der Waals surface area contributed by atoms with Crippen molar-refractivity contribution in [2.45, 2.75) is 81.1 Å². The Kier molecular flexibility index (Phi) is 8.87. The molecule has 3 saturated heterocycles. The van der Waals surface area contributed by atoms with Crippen molar-refractivity contribution >= 4 is 17.6 Å². The Hall–Kier alpha value is -2.37. The third-order valence-electron chi connectivity index (χ3n) is 9.90. The molecule has 0 bridgehead atoms. The van der Waals surface area contributed by atoms with Crippen LogP contribution >= 0.6 is 0 Å². The zero-order chi connectivity index (χ0) is 29.4. The van der Waals surface area contributed by atoms with Crippen LogP contribution in [0.1, 0.15) is 68.4 Å². The Morgan fingerprint density at radius 3 is 2.39 bits per heavy atom. The highest BCUT2D eigenvalue weighted by atomic mass is 19.4. The number of anilines is 1. The number of methoxy groups -OCH3 is 2. The van der Waals surface area contributed by atoms with Crippen LogP contribution in [-0.4, -0.2) is 98.0 Å². The molecule has 3 aliphatic heterocycles. The summed E-state index contributed by atoms with van der Waals surface area (Å²) in [5.74, 6) is -1.62. The summed E-state index contributed by atoms with van der Waals surface area (Å²) in [5.41, 5.74) is -0.430. The van der Waals surface area contributed by atoms with E-state index in [0.717, 1.165) is 31.0 Å². The number of hydrogen-bond acceptors (Lipinski definition) is 6. The lowest BCUT2D eigenvalue weighted by molar-refractivity contribution is -0.155. The Morgan fingerprint density at radius 2 is 1.78 bits per heavy atom. The van der Waals surface area contributed by atoms with E-state index >= 15 is 0 Å². The zero-order valence-electron chi connectivity index (χ0n) is 24.0. The summed E-state index contributed by atoms with van der Waals surface area (Å²) in [6, 6.07) is 4.12. The minimum absolute atomic E-state index is 0.0687. The molecular formula is C30H42F3N3O5. The number of carboxylic acids is 1. The van der Waals surface area contributed by atoms with Gasteiger partial charge in [0.05, 0.1) is 24.1 Å². The standard InChI is InChI=1S/C30H42F3N3O5/c1-40-18-24-15-21(17-36(24)28(39)29(41-2)11-14-35(19-29)23-5-3-4-6-23)25-8-7-22(30(31,32)33)16-26(25)34-12-9-20(10-13-34)27(37)38/h7-8,16,20-21,23-24H,3-6,9-15,17-19H2,1-2H3,(H,37,38)/t21-,24+,29-/m1/s1. The van der Waals surface area contributed by atoms with Crippen molar-refractivity contribution in [3.8, 4) is 0 Å². The van der Waals surface area contributed by atoms with Gasteiger partial charge in [-0.05, 0) is 56.2 Å². The van der Waals surface area contributed by atoms with Gasteiger partial charge in [0.15, 0.2) is 5.60 Å². The van der Waals surface area contributed by atoms with Gasteiger partial charge in [-0.3, -0.25) is 14.5 Å². The predicted octanol–water partition coefficient (Wildman–Crippen LogP) is 4.37. The number of ether oxygens (including phenoxy) is 2. The number of alkyl halides is 3. The van der Waals surface area contributed by atoms with Crippen LogP contribution in [0.3, 0.4) is 0 Å². The van der Waals surface area contributed by atoms with E-state index in [4.69, 9.17) is 9.47 Å². The van der Waals surface area contributed by atoms with Crippen molar-refractivity contribution in [3.63, 3.8) is 0 Å². The molecule has 1 amide bonds. The van der Waals surface area contributed by atoms with Gasteiger partial charge < -0.3 is 24.4 Å². The monoisotopic (exact) mass is 581 g/mol. The van der Waals surface area contributed by atoms with E-state index in [1.54, 1.807) is 20.3 Å². The SMILES string of the molecule is COC[C@@H]1C[C@@H](c2ccc(C(F)(F)F)cc2N2CCC(C(=O)O)CC2)CN1C(=O)[C@@]1(OC)CCN(C2CCCC2)C1. The highest BCUT2D eigenvalue weighted by molar-refractivity contribution is 5.87. The van der Waals surface area contributed by atoms with E-state index in [0.29, 0.717) is 70.2 Å². The number of amides is 1. The maximum Gasteiger partial charge on any atom is 0.416 e. The first kappa shape index (κ1) is 30.1. The average molecular weight is 582 g/mol. The first-order valence-electron chi connectivity index (χ1n) is 14.8. The third-order valence-corrected chi connectivity index (χ3v) is 9.90. The van der Waals surface area contributed by atoms with Crippen molar-refractivity contribution in [2.24, 2.45) is 5.92 Å². The summed E-state index contributed by atoms with van der Waals surface area (Å²) in [7, 11) is 3.19. The quantitative estimate of drug-likeness (QED) is 0.488. The smallest absolute Gasteiger partial charge is 0.416 e. The molecule has 4 aliphatic rings. The van der Waals surface area contributed by atoms with Crippen LogP contribution in [0.2, 0.25) is 0 Å². The topological polar surface area (TPSA) is 82.5 Å². The fourth-order valence-electron chi connectivity index (χ4n) is 7.53. The minimum Gasteiger partial charge on any atom is -0.481 e. The lowest BCUT2D eigenvalue weighted by Crippen LogP contribution is -2.54. The maximum atomic E-state index is 14.2. The van der Waals surface area contributed by atoms with Crippen molar-refractivity contribution in [3.05, 3.63) is 29.3 Å². The summed E-state index contributed by atoms with van der Waals surface area (Å²) >= 11 is 0. The van der Waals surface area contributed by atoms with Crippen molar-refractivity contribution in [1.29, 1.82) is 0 Å². The molecule has 0 aromatic heterocycles. The molecule has 0 unspecified atom stereocenters. The number of aliphatic carboxylic acids is 1. The molecule has 8 nitrogen and oxygen atoms in total. The first-order chi connectivity index (χ1) is 19.6. The van der Waals surface area contributed by atoms with Gasteiger partial charge in [-0.25, -0.2) is 0 Å². The number of carbonyl (C=O) groups is 2. The van der Waals surface area contributed by atoms with E-state index in [2.05, 4.69) is 4.90 Å². The number of hydrogen-bond donors (Lipinski definition) is 1. The largest absolute Gasteiger partial charge is 0.481 e. The molecule has 0 spiro atoms. The number of carbonyl (C=O) groups excluding carboxylic acids is 1. The van der Waals surface area contributed by atoms with Crippen LogP contribution in [0.25, 0.3) is 0 Å². The van der Waals surface area contributed by atoms with Gasteiger partial charge in [0.2, 0.25) is 0 Å². The Bertz CT molecular complexity index is 1100. The highest BCUT2D eigenvalue weighted by Crippen LogP contribution is 2.43. The maximum absolute atomic E-state index is 14.2. The average Bonchev–Trinajstić information content (AvgIpc) is 3.72. The van der Waals surface area contributed by atoms with Crippen molar-refractivity contribution < 1.29 is 37.3 Å². The highest BCUT2D eigenvalue weighted by Gasteiger charge is 2.52. The second kappa shape index (κ2) is 12.1. The number of halogens is 3. The van der Waals surface area contributed by atoms with Crippen LogP contribution in [0.5, 0.6) is 0 Å². The number of carboxylic acid groups (broad SMARTS) is 1. The van der Waals surface area contributed by atoms with E-state index in [1.807, 2.05) is 9.80 Å². The molecule has 228 valence electrons. The van der Waals surface area contributed by atoms with E-state index in [9.17, 15) is 27.9 Å². The Labute approximate surface area is 239 Å². The van der Waals surface area contributed by atoms with Gasteiger partial charge in [-0.1, -0.05) is 18.9 Å². The van der Waals surface area contributed by atoms with Crippen molar-refractivity contribution in [1.82, 2.24) is 9.80 Å². The summed E-state index contributed by atoms with van der Waals surface area (Å²) in [6.45, 7) is 2.79. The summed E-state index contributed by atoms with van der Waals surface area (Å²) < 4.78 is 52.8. The second-order valence-electron chi connectivity index (χ2n) is 12.2. The molecule has 1 aromatic rings. The zero-order valence-corrected chi connectivity index (χ0v) is 24.0. The molecule has 1 saturated carbocycles. The molecule has 0 radical (unpaired) electrons. The summed E-state index contributed by atoms with van der Waals surface area (Å²) in [4.78, 5) is 31.8. The molecular weight excluding hydrogens is 539 g/mol. The van der Waals surface area contributed by atoms with Crippen LogP contribution in [0, 0.1) is 5.92 Å². The lowest BCUT2D eigenvalue weighted by Gasteiger charge is -2.35. The molecule has 11 heteroatoms. The van der Waals surface area contributed by atoms with Crippen LogP contribution in [0.15, 0.2) is 18.2 Å². The molecule has 4 fully saturated rings. The molecule has 3 heterocycles. The van der Waals surface area contributed by atoms with Gasteiger partial charge in [-0.15, -0.1) is 0 Å². The Morgan fingerprint density at radius 1 is 1.07 bits per heavy atom. The number of benzene rings is 1. The van der Waals surface area contributed by atoms with Crippen LogP contribution in [-0.2, 0) is 25.2 Å². The van der Waals surface area contributed by atoms with Gasteiger partial charge in [0.1, 0.15) is 0 Å². The van der Waals surface area contributed by atoms with E-state index < -0.39 is 29.2 Å². The fraction of sp³-hybridized carbons (Fsp3) is 0.733. The van der Waals surface area contributed by atoms with E-state index in [1.165, 1.54) is 18.9 Å². The normalized spacial score (nSPS) is 28.6. The molecule has 41 heavy (non-hydrogen) atoms. The second-order valence-corrected chi connectivity index (χ2v) is 12.2. The van der Waals surface area contributed by atoms with E-state index in [-0.39, 0.29) is 17.9 Å². The fourth-order valence-corrected chi connectivity index (χ4v) is 7.53. The molecule has 1 aliphatic carbocycles. The molecule has 5 rings (SSSR count). The van der Waals surface area contributed by atoms with Crippen LogP contribution < -0.4 is 4.90 Å². The van der Waals surface area contributed by atoms with Gasteiger partial charge >= 0.3 is 12.1 Å². The van der Waals surface area contributed by atoms with Gasteiger partial charge in [-0.2, -0.15) is 13.2 Å². The van der Waals surface area contributed by atoms with Gasteiger partial charge in [0.25, 0.3) is 5.91 Å². The van der Waals surface area contributed by atoms with Crippen LogP contribution in [0.4, 0.5) is 18.9 Å². The minimum atomic E-state index is -4.50. The number of piperidine rings is 1. The number of rotatable bonds is 8. The predicted molar refractivity (Wildman–Crippen MR) is 147 cm³/mol. The van der Waals surface area contributed by atoms with Gasteiger partial charge in [0, 0.05) is 64.6 Å². The first-order valence-corrected chi connectivity index (χ1v) is 14.8. The summed E-state index contributed by atoms with van der Waals surface area (Å²) in [5, 5.41) is 9.41. The number of nitrogens with zero attached hydrogens (tertiary/aromatic N) is 3. The molecule has 1 aromatic carbocycles. The lowest BCUT2D eigenvalue weighted by atomic mass is 9.91. The summed E-state index contributed by atoms with van der Waals surface area (Å²) in [6.07, 6.45) is 2.14. The third kappa shape index (κ3) is 6.08.